The Hall–Kier alpha value is -1.70. The molecule has 19 heavy (non-hydrogen) atoms. The number of aromatic nitrogens is 2. The van der Waals surface area contributed by atoms with Crippen molar-refractivity contribution in [3.8, 4) is 0 Å². The molecule has 0 aliphatic rings. The number of rotatable bonds is 3. The summed E-state index contributed by atoms with van der Waals surface area (Å²) in [4.78, 5) is 14.5. The summed E-state index contributed by atoms with van der Waals surface area (Å²) in [6, 6.07) is 3.27. The molecule has 1 heterocycles. The molecule has 0 spiro atoms. The third kappa shape index (κ3) is 2.83. The molecule has 0 atom stereocenters. The molecule has 0 fully saturated rings. The smallest absolute Gasteiger partial charge is 0.416 e. The maximum atomic E-state index is 12.6. The number of carboxylic acids is 1. The van der Waals surface area contributed by atoms with Gasteiger partial charge in [0.2, 0.25) is 0 Å². The van der Waals surface area contributed by atoms with Crippen LogP contribution in [-0.4, -0.2) is 26.4 Å². The van der Waals surface area contributed by atoms with Gasteiger partial charge in [-0.1, -0.05) is 11.8 Å². The van der Waals surface area contributed by atoms with E-state index in [1.807, 2.05) is 0 Å². The minimum Gasteiger partial charge on any atom is -0.481 e. The Balaban J connectivity index is 2.42. The van der Waals surface area contributed by atoms with Crippen LogP contribution in [0.5, 0.6) is 0 Å². The molecule has 0 aliphatic heterocycles. The van der Waals surface area contributed by atoms with Crippen LogP contribution in [0.3, 0.4) is 0 Å². The van der Waals surface area contributed by atoms with Gasteiger partial charge in [0.05, 0.1) is 22.3 Å². The van der Waals surface area contributed by atoms with E-state index in [-0.39, 0.29) is 11.3 Å². The van der Waals surface area contributed by atoms with E-state index in [0.717, 1.165) is 23.9 Å². The average molecular weight is 290 g/mol. The lowest BCUT2D eigenvalue weighted by Crippen LogP contribution is -2.04. The predicted octanol–water partition coefficient (Wildman–Crippen LogP) is 2.77. The summed E-state index contributed by atoms with van der Waals surface area (Å²) in [7, 11) is 1.63. The van der Waals surface area contributed by atoms with Gasteiger partial charge in [0.25, 0.3) is 0 Å². The van der Waals surface area contributed by atoms with Crippen LogP contribution in [0.4, 0.5) is 13.2 Å². The monoisotopic (exact) mass is 290 g/mol. The van der Waals surface area contributed by atoms with Crippen LogP contribution < -0.4 is 0 Å². The number of aryl methyl sites for hydroxylation is 1. The summed E-state index contributed by atoms with van der Waals surface area (Å²) < 4.78 is 39.3. The number of benzene rings is 1. The van der Waals surface area contributed by atoms with Crippen LogP contribution in [0.2, 0.25) is 0 Å². The molecule has 0 unspecified atom stereocenters. The normalized spacial score (nSPS) is 12.0. The Labute approximate surface area is 110 Å². The van der Waals surface area contributed by atoms with Crippen molar-refractivity contribution in [2.45, 2.75) is 11.3 Å². The molecular weight excluding hydrogens is 281 g/mol. The highest BCUT2D eigenvalue weighted by atomic mass is 32.2. The number of fused-ring (bicyclic) bond motifs is 1. The van der Waals surface area contributed by atoms with Gasteiger partial charge in [-0.2, -0.15) is 13.2 Å². The molecule has 1 aromatic heterocycles. The summed E-state index contributed by atoms with van der Waals surface area (Å²) in [5.74, 6) is -1.20. The van der Waals surface area contributed by atoms with Crippen LogP contribution in [-0.2, 0) is 18.0 Å². The van der Waals surface area contributed by atoms with Gasteiger partial charge in [0, 0.05) is 7.05 Å². The van der Waals surface area contributed by atoms with E-state index >= 15 is 0 Å². The van der Waals surface area contributed by atoms with Crippen molar-refractivity contribution in [2.75, 3.05) is 5.75 Å². The molecule has 102 valence electrons. The minimum absolute atomic E-state index is 0.191. The van der Waals surface area contributed by atoms with Crippen molar-refractivity contribution >= 4 is 28.8 Å². The van der Waals surface area contributed by atoms with E-state index in [2.05, 4.69) is 4.98 Å². The second-order valence-electron chi connectivity index (χ2n) is 3.84. The minimum atomic E-state index is -4.42. The van der Waals surface area contributed by atoms with Gasteiger partial charge >= 0.3 is 12.1 Å². The van der Waals surface area contributed by atoms with Crippen LogP contribution >= 0.6 is 11.8 Å². The lowest BCUT2D eigenvalue weighted by atomic mass is 10.2. The summed E-state index contributed by atoms with van der Waals surface area (Å²) in [5, 5.41) is 8.96. The third-order valence-corrected chi connectivity index (χ3v) is 3.51. The van der Waals surface area contributed by atoms with Crippen LogP contribution in [0.25, 0.3) is 11.0 Å². The Kier molecular flexibility index (Phi) is 3.44. The van der Waals surface area contributed by atoms with Gasteiger partial charge in [-0.3, -0.25) is 4.79 Å². The number of nitrogens with zero attached hydrogens (tertiary/aromatic N) is 2. The van der Waals surface area contributed by atoms with Gasteiger partial charge in [0.15, 0.2) is 5.16 Å². The first kappa shape index (κ1) is 13.7. The summed E-state index contributed by atoms with van der Waals surface area (Å²) >= 11 is 0.965. The first-order valence-electron chi connectivity index (χ1n) is 5.17. The van der Waals surface area contributed by atoms with Crippen molar-refractivity contribution in [3.05, 3.63) is 23.8 Å². The van der Waals surface area contributed by atoms with Crippen LogP contribution in [0.1, 0.15) is 5.56 Å². The SMILES string of the molecule is Cn1c(SCC(=O)O)nc2cc(C(F)(F)F)ccc21. The van der Waals surface area contributed by atoms with E-state index < -0.39 is 17.7 Å². The maximum absolute atomic E-state index is 12.6. The predicted molar refractivity (Wildman–Crippen MR) is 64.1 cm³/mol. The van der Waals surface area contributed by atoms with E-state index in [1.54, 1.807) is 11.6 Å². The first-order chi connectivity index (χ1) is 8.79. The number of aliphatic carboxylic acids is 1. The van der Waals surface area contributed by atoms with Crippen molar-refractivity contribution in [3.63, 3.8) is 0 Å². The van der Waals surface area contributed by atoms with Crippen LogP contribution in [0, 0.1) is 0 Å². The standard InChI is InChI=1S/C11H9F3N2O2S/c1-16-8-3-2-6(11(12,13)14)4-7(8)15-10(16)19-5-9(17)18/h2-4H,5H2,1H3,(H,17,18). The molecule has 1 aromatic carbocycles. The van der Waals surface area contributed by atoms with Crippen molar-refractivity contribution < 1.29 is 23.1 Å². The van der Waals surface area contributed by atoms with Crippen molar-refractivity contribution in [2.24, 2.45) is 7.05 Å². The second kappa shape index (κ2) is 4.76. The molecule has 0 amide bonds. The Morgan fingerprint density at radius 2 is 2.16 bits per heavy atom. The molecule has 1 N–H and O–H groups in total. The second-order valence-corrected chi connectivity index (χ2v) is 4.78. The number of carboxylic acid groups (broad SMARTS) is 1. The lowest BCUT2D eigenvalue weighted by molar-refractivity contribution is -0.137. The van der Waals surface area contributed by atoms with E-state index in [9.17, 15) is 18.0 Å². The number of hydrogen-bond acceptors (Lipinski definition) is 3. The molecule has 2 rings (SSSR count). The van der Waals surface area contributed by atoms with Gasteiger partial charge in [0.1, 0.15) is 0 Å². The van der Waals surface area contributed by atoms with E-state index in [1.165, 1.54) is 6.07 Å². The molecule has 0 saturated carbocycles. The summed E-state index contributed by atoms with van der Waals surface area (Å²) in [6.45, 7) is 0. The molecule has 0 bridgehead atoms. The molecule has 2 aromatic rings. The van der Waals surface area contributed by atoms with Crippen molar-refractivity contribution in [1.29, 1.82) is 0 Å². The molecule has 4 nitrogen and oxygen atoms in total. The Morgan fingerprint density at radius 3 is 2.74 bits per heavy atom. The maximum Gasteiger partial charge on any atom is 0.416 e. The number of imidazole rings is 1. The molecular formula is C11H9F3N2O2S. The number of carbonyl (C=O) groups is 1. The molecule has 0 saturated heterocycles. The highest BCUT2D eigenvalue weighted by Gasteiger charge is 2.31. The quantitative estimate of drug-likeness (QED) is 0.883. The zero-order chi connectivity index (χ0) is 14.2. The highest BCUT2D eigenvalue weighted by Crippen LogP contribution is 2.32. The van der Waals surface area contributed by atoms with Gasteiger partial charge in [-0.25, -0.2) is 4.98 Å². The summed E-state index contributed by atoms with van der Waals surface area (Å²) in [6.07, 6.45) is -4.42. The Bertz CT molecular complexity index is 637. The number of thioether (sulfide) groups is 1. The fourth-order valence-electron chi connectivity index (χ4n) is 1.61. The first-order valence-corrected chi connectivity index (χ1v) is 6.16. The Morgan fingerprint density at radius 1 is 1.47 bits per heavy atom. The third-order valence-electron chi connectivity index (χ3n) is 2.49. The van der Waals surface area contributed by atoms with Crippen molar-refractivity contribution in [1.82, 2.24) is 9.55 Å². The fraction of sp³-hybridized carbons (Fsp3) is 0.273. The fourth-order valence-corrected chi connectivity index (χ4v) is 2.32. The summed E-state index contributed by atoms with van der Waals surface area (Å²) in [5.41, 5.74) is -0.0426. The molecule has 8 heteroatoms. The molecule has 0 radical (unpaired) electrons. The van der Waals surface area contributed by atoms with Gasteiger partial charge in [-0.05, 0) is 18.2 Å². The van der Waals surface area contributed by atoms with E-state index in [4.69, 9.17) is 5.11 Å². The highest BCUT2D eigenvalue weighted by molar-refractivity contribution is 7.99. The zero-order valence-corrected chi connectivity index (χ0v) is 10.5. The lowest BCUT2D eigenvalue weighted by Gasteiger charge is -2.05. The average Bonchev–Trinajstić information content (AvgIpc) is 2.62. The number of hydrogen-bond donors (Lipinski definition) is 1. The number of alkyl halides is 3. The topological polar surface area (TPSA) is 55.1 Å². The largest absolute Gasteiger partial charge is 0.481 e. The van der Waals surface area contributed by atoms with Gasteiger partial charge in [-0.15, -0.1) is 0 Å². The van der Waals surface area contributed by atoms with E-state index in [0.29, 0.717) is 10.7 Å². The van der Waals surface area contributed by atoms with Crippen LogP contribution in [0.15, 0.2) is 23.4 Å². The number of halogens is 3. The van der Waals surface area contributed by atoms with Gasteiger partial charge < -0.3 is 9.67 Å². The molecule has 0 aliphatic carbocycles. The zero-order valence-electron chi connectivity index (χ0n) is 9.73.